The molecule has 1 aromatic carbocycles. The fourth-order valence-electron chi connectivity index (χ4n) is 1.67. The predicted octanol–water partition coefficient (Wildman–Crippen LogP) is 4.41. The van der Waals surface area contributed by atoms with Gasteiger partial charge in [0.05, 0.1) is 12.5 Å². The summed E-state index contributed by atoms with van der Waals surface area (Å²) in [7, 11) is 0. The molecule has 0 aromatic heterocycles. The number of benzene rings is 1. The van der Waals surface area contributed by atoms with Crippen LogP contribution >= 0.6 is 0 Å². The number of nitrogens with zero attached hydrogens (tertiary/aromatic N) is 1. The first-order valence-electron chi connectivity index (χ1n) is 6.75. The van der Waals surface area contributed by atoms with E-state index in [1.807, 2.05) is 18.2 Å². The third kappa shape index (κ3) is 4.93. The summed E-state index contributed by atoms with van der Waals surface area (Å²) in [5.41, 5.74) is 0.362. The third-order valence-corrected chi connectivity index (χ3v) is 3.13. The van der Waals surface area contributed by atoms with Crippen LogP contribution in [0.5, 0.6) is 5.75 Å². The number of rotatable bonds is 5. The molecule has 108 valence electrons. The van der Waals surface area contributed by atoms with Crippen LogP contribution in [0.3, 0.4) is 0 Å². The summed E-state index contributed by atoms with van der Waals surface area (Å²) in [5, 5.41) is 8.63. The third-order valence-electron chi connectivity index (χ3n) is 3.13. The van der Waals surface area contributed by atoms with E-state index in [0.29, 0.717) is 11.7 Å². The van der Waals surface area contributed by atoms with Crippen LogP contribution in [0.25, 0.3) is 0 Å². The molecule has 1 rings (SSSR count). The average Bonchev–Trinajstić information content (AvgIpc) is 2.37. The molecule has 0 amide bonds. The van der Waals surface area contributed by atoms with Crippen LogP contribution in [0.1, 0.15) is 52.0 Å². The molecule has 0 aliphatic rings. The monoisotopic (exact) mass is 275 g/mol. The highest BCUT2D eigenvalue weighted by Gasteiger charge is 2.24. The zero-order valence-corrected chi connectivity index (χ0v) is 12.5. The van der Waals surface area contributed by atoms with Gasteiger partial charge < -0.3 is 9.47 Å². The van der Waals surface area contributed by atoms with Gasteiger partial charge in [-0.2, -0.15) is 5.26 Å². The van der Waals surface area contributed by atoms with Crippen molar-refractivity contribution in [3.63, 3.8) is 0 Å². The van der Waals surface area contributed by atoms with Gasteiger partial charge in [0.2, 0.25) is 0 Å². The van der Waals surface area contributed by atoms with Crippen molar-refractivity contribution >= 4 is 6.16 Å². The first-order valence-corrected chi connectivity index (χ1v) is 6.75. The lowest BCUT2D eigenvalue weighted by Crippen LogP contribution is -2.29. The molecule has 0 saturated heterocycles. The van der Waals surface area contributed by atoms with Gasteiger partial charge in [-0.3, -0.25) is 0 Å². The van der Waals surface area contributed by atoms with Crippen LogP contribution < -0.4 is 4.74 Å². The van der Waals surface area contributed by atoms with E-state index in [2.05, 4.69) is 13.8 Å². The van der Waals surface area contributed by atoms with Crippen molar-refractivity contribution in [3.05, 3.63) is 29.8 Å². The van der Waals surface area contributed by atoms with Crippen molar-refractivity contribution in [2.75, 3.05) is 0 Å². The Morgan fingerprint density at radius 3 is 2.45 bits per heavy atom. The quantitative estimate of drug-likeness (QED) is 0.590. The van der Waals surface area contributed by atoms with Gasteiger partial charge in [0.1, 0.15) is 11.4 Å². The van der Waals surface area contributed by atoms with Crippen LogP contribution in [0.4, 0.5) is 4.79 Å². The van der Waals surface area contributed by atoms with Gasteiger partial charge in [-0.05, 0) is 43.9 Å². The maximum absolute atomic E-state index is 11.6. The fraction of sp³-hybridized carbons (Fsp3) is 0.500. The van der Waals surface area contributed by atoms with E-state index in [9.17, 15) is 4.79 Å². The van der Waals surface area contributed by atoms with E-state index in [4.69, 9.17) is 14.7 Å². The summed E-state index contributed by atoms with van der Waals surface area (Å²) >= 11 is 0. The average molecular weight is 275 g/mol. The summed E-state index contributed by atoms with van der Waals surface area (Å²) in [6.45, 7) is 7.62. The SMILES string of the molecule is CCC(C)c1ccc(OC(=O)OC(C)(C)CC#N)cc1. The van der Waals surface area contributed by atoms with Crippen molar-refractivity contribution in [3.8, 4) is 11.8 Å². The smallest absolute Gasteiger partial charge is 0.427 e. The second-order valence-electron chi connectivity index (χ2n) is 5.43. The molecular weight excluding hydrogens is 254 g/mol. The molecule has 0 N–H and O–H groups in total. The molecule has 0 fully saturated rings. The second-order valence-corrected chi connectivity index (χ2v) is 5.43. The van der Waals surface area contributed by atoms with Crippen LogP contribution in [0.15, 0.2) is 24.3 Å². The second kappa shape index (κ2) is 6.95. The zero-order chi connectivity index (χ0) is 15.2. The van der Waals surface area contributed by atoms with E-state index < -0.39 is 11.8 Å². The van der Waals surface area contributed by atoms with E-state index in [-0.39, 0.29) is 6.42 Å². The standard InChI is InChI=1S/C16H21NO3/c1-5-12(2)13-6-8-14(9-7-13)19-15(18)20-16(3,4)10-11-17/h6-9,12H,5,10H2,1-4H3. The normalized spacial score (nSPS) is 12.3. The number of nitriles is 1. The van der Waals surface area contributed by atoms with Crippen molar-refractivity contribution in [1.29, 1.82) is 5.26 Å². The highest BCUT2D eigenvalue weighted by atomic mass is 16.7. The van der Waals surface area contributed by atoms with Gasteiger partial charge >= 0.3 is 6.16 Å². The lowest BCUT2D eigenvalue weighted by molar-refractivity contribution is 0.0121. The molecule has 1 aromatic rings. The Morgan fingerprint density at radius 1 is 1.35 bits per heavy atom. The number of carbonyl (C=O) groups is 1. The Morgan fingerprint density at radius 2 is 1.95 bits per heavy atom. The Bertz CT molecular complexity index is 485. The van der Waals surface area contributed by atoms with E-state index in [1.165, 1.54) is 5.56 Å². The minimum absolute atomic E-state index is 0.120. The molecule has 0 spiro atoms. The molecule has 1 unspecified atom stereocenters. The van der Waals surface area contributed by atoms with Crippen LogP contribution in [-0.4, -0.2) is 11.8 Å². The molecule has 0 aliphatic heterocycles. The molecular formula is C16H21NO3. The summed E-state index contributed by atoms with van der Waals surface area (Å²) in [6.07, 6.45) is 0.390. The Kier molecular flexibility index (Phi) is 5.57. The molecule has 0 bridgehead atoms. The predicted molar refractivity (Wildman–Crippen MR) is 76.6 cm³/mol. The minimum Gasteiger partial charge on any atom is -0.427 e. The minimum atomic E-state index is -0.845. The molecule has 4 heteroatoms. The van der Waals surface area contributed by atoms with Gasteiger partial charge in [0.15, 0.2) is 0 Å². The molecule has 1 atom stereocenters. The van der Waals surface area contributed by atoms with Gasteiger partial charge in [0.25, 0.3) is 0 Å². The molecule has 0 radical (unpaired) electrons. The van der Waals surface area contributed by atoms with E-state index >= 15 is 0 Å². The summed E-state index contributed by atoms with van der Waals surface area (Å²) in [5.74, 6) is 0.917. The maximum Gasteiger partial charge on any atom is 0.514 e. The maximum atomic E-state index is 11.6. The van der Waals surface area contributed by atoms with Gasteiger partial charge in [-0.1, -0.05) is 26.0 Å². The Balaban J connectivity index is 2.61. The lowest BCUT2D eigenvalue weighted by atomic mass is 9.99. The van der Waals surface area contributed by atoms with Crippen LogP contribution in [0, 0.1) is 11.3 Å². The van der Waals surface area contributed by atoms with Crippen LogP contribution in [-0.2, 0) is 4.74 Å². The van der Waals surface area contributed by atoms with E-state index in [1.54, 1.807) is 26.0 Å². The van der Waals surface area contributed by atoms with Crippen LogP contribution in [0.2, 0.25) is 0 Å². The highest BCUT2D eigenvalue weighted by Crippen LogP contribution is 2.22. The Labute approximate surface area is 120 Å². The number of ether oxygens (including phenoxy) is 2. The van der Waals surface area contributed by atoms with Crippen molar-refractivity contribution in [2.45, 2.75) is 52.1 Å². The lowest BCUT2D eigenvalue weighted by Gasteiger charge is -2.21. The first-order chi connectivity index (χ1) is 9.38. The van der Waals surface area contributed by atoms with Gasteiger partial charge in [-0.15, -0.1) is 0 Å². The summed E-state index contributed by atoms with van der Waals surface area (Å²) in [6, 6.07) is 9.35. The Hall–Kier alpha value is -2.02. The molecule has 0 aliphatic carbocycles. The van der Waals surface area contributed by atoms with Gasteiger partial charge in [0, 0.05) is 0 Å². The van der Waals surface area contributed by atoms with Gasteiger partial charge in [-0.25, -0.2) is 4.79 Å². The zero-order valence-electron chi connectivity index (χ0n) is 12.5. The first kappa shape index (κ1) is 16.0. The van der Waals surface area contributed by atoms with E-state index in [0.717, 1.165) is 6.42 Å². The molecule has 4 nitrogen and oxygen atoms in total. The number of hydrogen-bond acceptors (Lipinski definition) is 4. The summed E-state index contributed by atoms with van der Waals surface area (Å²) < 4.78 is 10.2. The number of carbonyl (C=O) groups excluding carboxylic acids is 1. The number of hydrogen-bond donors (Lipinski definition) is 0. The molecule has 20 heavy (non-hydrogen) atoms. The van der Waals surface area contributed by atoms with Crippen molar-refractivity contribution in [2.24, 2.45) is 0 Å². The molecule has 0 heterocycles. The highest BCUT2D eigenvalue weighted by molar-refractivity contribution is 5.64. The fourth-order valence-corrected chi connectivity index (χ4v) is 1.67. The van der Waals surface area contributed by atoms with Crippen molar-refractivity contribution in [1.82, 2.24) is 0 Å². The van der Waals surface area contributed by atoms with Crippen molar-refractivity contribution < 1.29 is 14.3 Å². The largest absolute Gasteiger partial charge is 0.514 e. The topological polar surface area (TPSA) is 59.3 Å². The molecule has 0 saturated carbocycles. The summed E-state index contributed by atoms with van der Waals surface area (Å²) in [4.78, 5) is 11.6.